The summed E-state index contributed by atoms with van der Waals surface area (Å²) in [4.78, 5) is 0. The highest BCUT2D eigenvalue weighted by Crippen LogP contribution is 2.04. The number of halogens is 1. The second kappa shape index (κ2) is 4.97. The first-order valence-electron chi connectivity index (χ1n) is 3.76. The fraction of sp³-hybridized carbons (Fsp3) is 1.00. The molecule has 0 aliphatic rings. The zero-order valence-electron chi connectivity index (χ0n) is 7.82. The Hall–Kier alpha value is 0.250. The van der Waals surface area contributed by atoms with Gasteiger partial charge in [-0.3, -0.25) is 0 Å². The van der Waals surface area contributed by atoms with Crippen molar-refractivity contribution in [3.63, 3.8) is 0 Å². The summed E-state index contributed by atoms with van der Waals surface area (Å²) in [5.74, 6) is 0.866. The Bertz CT molecular complexity index is 75.8. The Labute approximate surface area is 71.4 Å². The molecule has 0 saturated carbocycles. The van der Waals surface area contributed by atoms with Crippen molar-refractivity contribution in [3.8, 4) is 0 Å². The Morgan fingerprint density at radius 1 is 1.20 bits per heavy atom. The van der Waals surface area contributed by atoms with Gasteiger partial charge in [-0.15, -0.1) is 0 Å². The first-order valence-corrected chi connectivity index (χ1v) is 3.76. The standard InChI is InChI=1S/C8H20N.ClH/c1-6-8(2)7-9(3,4)5;/h8H,6-7H2,1-5H3;1H/q+1;/p-1. The molecule has 0 N–H and O–H groups in total. The Kier molecular flexibility index (Phi) is 6.41. The number of rotatable bonds is 3. The third-order valence-corrected chi connectivity index (χ3v) is 1.56. The Morgan fingerprint density at radius 3 is 1.70 bits per heavy atom. The van der Waals surface area contributed by atoms with Crippen molar-refractivity contribution in [1.29, 1.82) is 0 Å². The lowest BCUT2D eigenvalue weighted by Gasteiger charge is -2.26. The third-order valence-electron chi connectivity index (χ3n) is 1.56. The largest absolute Gasteiger partial charge is 1.00 e. The second-order valence-corrected chi connectivity index (χ2v) is 3.99. The van der Waals surface area contributed by atoms with Crippen molar-refractivity contribution < 1.29 is 16.9 Å². The summed E-state index contributed by atoms with van der Waals surface area (Å²) in [5.41, 5.74) is 0. The Morgan fingerprint density at radius 2 is 1.60 bits per heavy atom. The first kappa shape index (κ1) is 12.9. The molecule has 0 amide bonds. The summed E-state index contributed by atoms with van der Waals surface area (Å²) in [7, 11) is 6.73. The number of nitrogens with zero attached hydrogens (tertiary/aromatic N) is 1. The van der Waals surface area contributed by atoms with Gasteiger partial charge in [0.2, 0.25) is 0 Å². The van der Waals surface area contributed by atoms with Crippen LogP contribution >= 0.6 is 0 Å². The van der Waals surface area contributed by atoms with Gasteiger partial charge >= 0.3 is 0 Å². The summed E-state index contributed by atoms with van der Waals surface area (Å²) in [5, 5.41) is 0. The molecule has 0 aliphatic carbocycles. The number of hydrogen-bond acceptors (Lipinski definition) is 0. The van der Waals surface area contributed by atoms with Gasteiger partial charge in [-0.05, 0) is 6.42 Å². The van der Waals surface area contributed by atoms with Crippen molar-refractivity contribution in [2.24, 2.45) is 5.92 Å². The van der Waals surface area contributed by atoms with Crippen molar-refractivity contribution in [1.82, 2.24) is 0 Å². The van der Waals surface area contributed by atoms with Gasteiger partial charge in [-0.25, -0.2) is 0 Å². The van der Waals surface area contributed by atoms with Gasteiger partial charge in [-0.1, -0.05) is 13.8 Å². The molecule has 1 atom stereocenters. The van der Waals surface area contributed by atoms with E-state index in [9.17, 15) is 0 Å². The minimum Gasteiger partial charge on any atom is -1.00 e. The average molecular weight is 166 g/mol. The molecule has 0 saturated heterocycles. The van der Waals surface area contributed by atoms with Crippen LogP contribution in [0.4, 0.5) is 0 Å². The minimum atomic E-state index is 0. The molecule has 0 heterocycles. The fourth-order valence-electron chi connectivity index (χ4n) is 1.06. The van der Waals surface area contributed by atoms with Crippen LogP contribution in [-0.4, -0.2) is 32.2 Å². The van der Waals surface area contributed by atoms with Gasteiger partial charge in [0.15, 0.2) is 0 Å². The molecule has 2 heteroatoms. The highest BCUT2D eigenvalue weighted by Gasteiger charge is 2.10. The molecule has 1 nitrogen and oxygen atoms in total. The number of quaternary nitrogens is 1. The second-order valence-electron chi connectivity index (χ2n) is 3.99. The zero-order chi connectivity index (χ0) is 7.49. The highest BCUT2D eigenvalue weighted by atomic mass is 35.5. The summed E-state index contributed by atoms with van der Waals surface area (Å²) in [6.07, 6.45) is 1.30. The lowest BCUT2D eigenvalue weighted by Crippen LogP contribution is -3.00. The number of hydrogen-bond donors (Lipinski definition) is 0. The fourth-order valence-corrected chi connectivity index (χ4v) is 1.06. The van der Waals surface area contributed by atoms with Gasteiger partial charge < -0.3 is 16.9 Å². The van der Waals surface area contributed by atoms with E-state index in [1.54, 1.807) is 0 Å². The van der Waals surface area contributed by atoms with Crippen molar-refractivity contribution in [2.45, 2.75) is 20.3 Å². The van der Waals surface area contributed by atoms with E-state index >= 15 is 0 Å². The molecule has 0 rings (SSSR count). The molecule has 0 radical (unpaired) electrons. The van der Waals surface area contributed by atoms with Gasteiger partial charge in [-0.2, -0.15) is 0 Å². The van der Waals surface area contributed by atoms with Crippen molar-refractivity contribution in [2.75, 3.05) is 27.7 Å². The molecule has 1 unspecified atom stereocenters. The topological polar surface area (TPSA) is 0 Å². The van der Waals surface area contributed by atoms with E-state index in [4.69, 9.17) is 0 Å². The maximum atomic E-state index is 2.31. The molecule has 0 fully saturated rings. The third kappa shape index (κ3) is 8.25. The van der Waals surface area contributed by atoms with Gasteiger partial charge in [0.05, 0.1) is 27.7 Å². The molecule has 0 bridgehead atoms. The zero-order valence-corrected chi connectivity index (χ0v) is 8.57. The minimum absolute atomic E-state index is 0. The van der Waals surface area contributed by atoms with Crippen LogP contribution in [0, 0.1) is 5.92 Å². The van der Waals surface area contributed by atoms with E-state index in [0.29, 0.717) is 0 Å². The van der Waals surface area contributed by atoms with Crippen LogP contribution in [0.25, 0.3) is 0 Å². The highest BCUT2D eigenvalue weighted by molar-refractivity contribution is 4.44. The predicted octanol–water partition coefficient (Wildman–Crippen LogP) is -1.26. The molecule has 0 spiro atoms. The van der Waals surface area contributed by atoms with Crippen molar-refractivity contribution in [3.05, 3.63) is 0 Å². The Balaban J connectivity index is 0. The lowest BCUT2D eigenvalue weighted by molar-refractivity contribution is -0.873. The van der Waals surface area contributed by atoms with E-state index in [2.05, 4.69) is 35.0 Å². The maximum Gasteiger partial charge on any atom is 0.0806 e. The molecule has 64 valence electrons. The van der Waals surface area contributed by atoms with E-state index in [1.807, 2.05) is 0 Å². The smallest absolute Gasteiger partial charge is 0.0806 e. The van der Waals surface area contributed by atoms with E-state index in [-0.39, 0.29) is 12.4 Å². The van der Waals surface area contributed by atoms with Gasteiger partial charge in [0, 0.05) is 5.92 Å². The van der Waals surface area contributed by atoms with Crippen LogP contribution in [0.3, 0.4) is 0 Å². The maximum absolute atomic E-state index is 2.31. The van der Waals surface area contributed by atoms with Crippen LogP contribution in [0.5, 0.6) is 0 Å². The first-order chi connectivity index (χ1) is 3.95. The summed E-state index contributed by atoms with van der Waals surface area (Å²) < 4.78 is 1.09. The summed E-state index contributed by atoms with van der Waals surface area (Å²) >= 11 is 0. The normalized spacial score (nSPS) is 14.1. The summed E-state index contributed by atoms with van der Waals surface area (Å²) in [6.45, 7) is 5.85. The van der Waals surface area contributed by atoms with Crippen LogP contribution < -0.4 is 12.4 Å². The predicted molar refractivity (Wildman–Crippen MR) is 42.4 cm³/mol. The SMILES string of the molecule is CCC(C)C[N+](C)(C)C.[Cl-]. The van der Waals surface area contributed by atoms with Crippen LogP contribution in [-0.2, 0) is 0 Å². The molecule has 10 heavy (non-hydrogen) atoms. The lowest BCUT2D eigenvalue weighted by atomic mass is 10.1. The van der Waals surface area contributed by atoms with Gasteiger partial charge in [0.25, 0.3) is 0 Å². The molecule has 0 aromatic carbocycles. The van der Waals surface area contributed by atoms with Crippen LogP contribution in [0.1, 0.15) is 20.3 Å². The molecular weight excluding hydrogens is 146 g/mol. The quantitative estimate of drug-likeness (QED) is 0.459. The van der Waals surface area contributed by atoms with Gasteiger partial charge in [0.1, 0.15) is 0 Å². The van der Waals surface area contributed by atoms with E-state index in [0.717, 1.165) is 10.4 Å². The van der Waals surface area contributed by atoms with Crippen molar-refractivity contribution >= 4 is 0 Å². The van der Waals surface area contributed by atoms with Crippen LogP contribution in [0.2, 0.25) is 0 Å². The average Bonchev–Trinajstić information content (AvgIpc) is 1.62. The monoisotopic (exact) mass is 165 g/mol. The molecule has 0 aromatic rings. The molecule has 0 aromatic heterocycles. The molecular formula is C8H20ClN. The molecule has 0 aliphatic heterocycles. The summed E-state index contributed by atoms with van der Waals surface area (Å²) in [6, 6.07) is 0. The van der Waals surface area contributed by atoms with E-state index in [1.165, 1.54) is 13.0 Å². The van der Waals surface area contributed by atoms with E-state index < -0.39 is 0 Å². The van der Waals surface area contributed by atoms with Crippen LogP contribution in [0.15, 0.2) is 0 Å².